The first-order valence-corrected chi connectivity index (χ1v) is 10.6. The van der Waals surface area contributed by atoms with Gasteiger partial charge in [-0.25, -0.2) is 9.67 Å². The minimum Gasteiger partial charge on any atom is -0.376 e. The van der Waals surface area contributed by atoms with E-state index in [0.29, 0.717) is 13.1 Å². The molecule has 0 amide bonds. The van der Waals surface area contributed by atoms with E-state index >= 15 is 0 Å². The summed E-state index contributed by atoms with van der Waals surface area (Å²) in [5.41, 5.74) is 2.15. The van der Waals surface area contributed by atoms with Crippen molar-refractivity contribution in [3.8, 4) is 5.69 Å². The molecule has 9 nitrogen and oxygen atoms in total. The Kier molecular flexibility index (Phi) is 6.61. The van der Waals surface area contributed by atoms with Gasteiger partial charge in [0.1, 0.15) is 12.4 Å². The van der Waals surface area contributed by atoms with Gasteiger partial charge in [-0.2, -0.15) is 5.10 Å². The van der Waals surface area contributed by atoms with E-state index in [1.165, 1.54) is 0 Å². The van der Waals surface area contributed by atoms with Crippen LogP contribution in [-0.4, -0.2) is 61.7 Å². The van der Waals surface area contributed by atoms with Crippen LogP contribution in [0.3, 0.4) is 0 Å². The summed E-state index contributed by atoms with van der Waals surface area (Å²) >= 11 is 0. The molecule has 0 aliphatic carbocycles. The van der Waals surface area contributed by atoms with E-state index in [1.807, 2.05) is 66.8 Å². The predicted octanol–water partition coefficient (Wildman–Crippen LogP) is 2.07. The van der Waals surface area contributed by atoms with Crippen molar-refractivity contribution in [1.82, 2.24) is 34.8 Å². The van der Waals surface area contributed by atoms with Crippen molar-refractivity contribution < 1.29 is 4.74 Å². The van der Waals surface area contributed by atoms with Crippen LogP contribution in [0.15, 0.2) is 47.7 Å². The summed E-state index contributed by atoms with van der Waals surface area (Å²) in [6, 6.07) is 10.1. The number of hydrogen-bond acceptors (Lipinski definition) is 5. The molecular formula is C22H30N8O. The first-order chi connectivity index (χ1) is 15.1. The van der Waals surface area contributed by atoms with Crippen LogP contribution in [-0.2, 0) is 24.9 Å². The highest BCUT2D eigenvalue weighted by Gasteiger charge is 2.17. The Morgan fingerprint density at radius 3 is 2.84 bits per heavy atom. The number of hydrogen-bond donors (Lipinski definition) is 1. The van der Waals surface area contributed by atoms with Crippen molar-refractivity contribution in [2.75, 3.05) is 20.2 Å². The number of aliphatic imine (C=N–C) groups is 1. The number of nitrogens with one attached hydrogen (secondary N) is 1. The van der Waals surface area contributed by atoms with E-state index in [0.717, 1.165) is 54.9 Å². The van der Waals surface area contributed by atoms with Crippen molar-refractivity contribution in [3.05, 3.63) is 59.9 Å². The Balaban J connectivity index is 1.46. The number of aromatic nitrogens is 5. The van der Waals surface area contributed by atoms with Crippen LogP contribution in [0.4, 0.5) is 0 Å². The third-order valence-electron chi connectivity index (χ3n) is 5.50. The average molecular weight is 423 g/mol. The molecule has 164 valence electrons. The second-order valence-electron chi connectivity index (χ2n) is 7.86. The van der Waals surface area contributed by atoms with Gasteiger partial charge in [0.15, 0.2) is 11.8 Å². The first-order valence-electron chi connectivity index (χ1n) is 10.6. The van der Waals surface area contributed by atoms with Crippen molar-refractivity contribution in [1.29, 1.82) is 0 Å². The largest absolute Gasteiger partial charge is 0.376 e. The van der Waals surface area contributed by atoms with E-state index < -0.39 is 0 Å². The highest BCUT2D eigenvalue weighted by molar-refractivity contribution is 5.79. The Morgan fingerprint density at radius 1 is 1.29 bits per heavy atom. The molecule has 0 spiro atoms. The molecule has 3 aromatic rings. The zero-order valence-electron chi connectivity index (χ0n) is 18.4. The van der Waals surface area contributed by atoms with Crippen LogP contribution in [0.25, 0.3) is 5.69 Å². The molecule has 1 fully saturated rings. The zero-order chi connectivity index (χ0) is 21.6. The van der Waals surface area contributed by atoms with Gasteiger partial charge in [0, 0.05) is 45.6 Å². The van der Waals surface area contributed by atoms with E-state index in [-0.39, 0.29) is 6.10 Å². The lowest BCUT2D eigenvalue weighted by molar-refractivity contribution is 0.113. The number of aryl methyl sites for hydroxylation is 1. The van der Waals surface area contributed by atoms with E-state index in [4.69, 9.17) is 9.73 Å². The summed E-state index contributed by atoms with van der Waals surface area (Å²) in [5.74, 6) is 2.52. The summed E-state index contributed by atoms with van der Waals surface area (Å²) in [7, 11) is 3.99. The molecule has 3 heterocycles. The van der Waals surface area contributed by atoms with Crippen LogP contribution in [0.5, 0.6) is 0 Å². The van der Waals surface area contributed by atoms with Gasteiger partial charge in [-0.3, -0.25) is 0 Å². The maximum atomic E-state index is 5.76. The molecule has 0 radical (unpaired) electrons. The third-order valence-corrected chi connectivity index (χ3v) is 5.50. The van der Waals surface area contributed by atoms with Gasteiger partial charge in [0.25, 0.3) is 0 Å². The lowest BCUT2D eigenvalue weighted by atomic mass is 10.2. The van der Waals surface area contributed by atoms with Gasteiger partial charge < -0.3 is 19.5 Å². The molecule has 2 aromatic heterocycles. The number of guanidine groups is 1. The molecule has 0 saturated carbocycles. The van der Waals surface area contributed by atoms with E-state index in [2.05, 4.69) is 31.7 Å². The topological polar surface area (TPSA) is 85.4 Å². The lowest BCUT2D eigenvalue weighted by Gasteiger charge is -2.23. The van der Waals surface area contributed by atoms with Gasteiger partial charge in [0.05, 0.1) is 18.0 Å². The summed E-state index contributed by atoms with van der Waals surface area (Å²) in [5, 5.41) is 16.3. The minimum absolute atomic E-state index is 0.233. The second-order valence-corrected chi connectivity index (χ2v) is 7.86. The van der Waals surface area contributed by atoms with Gasteiger partial charge in [0.2, 0.25) is 0 Å². The Morgan fingerprint density at radius 2 is 2.13 bits per heavy atom. The smallest absolute Gasteiger partial charge is 0.194 e. The SMILES string of the molecule is Cc1nnc(CN=C(NCC2CCCO2)N(C)Cc2cnn(-c3ccccc3)c2)n1C. The fourth-order valence-corrected chi connectivity index (χ4v) is 3.57. The van der Waals surface area contributed by atoms with Gasteiger partial charge in [-0.05, 0) is 31.9 Å². The van der Waals surface area contributed by atoms with Crippen LogP contribution in [0.1, 0.15) is 30.1 Å². The van der Waals surface area contributed by atoms with Gasteiger partial charge in [-0.15, -0.1) is 10.2 Å². The van der Waals surface area contributed by atoms with Crippen LogP contribution < -0.4 is 5.32 Å². The lowest BCUT2D eigenvalue weighted by Crippen LogP contribution is -2.42. The number of para-hydroxylation sites is 1. The van der Waals surface area contributed by atoms with Gasteiger partial charge >= 0.3 is 0 Å². The predicted molar refractivity (Wildman–Crippen MR) is 119 cm³/mol. The molecule has 9 heteroatoms. The maximum absolute atomic E-state index is 5.76. The normalized spacial score (nSPS) is 16.6. The highest BCUT2D eigenvalue weighted by Crippen LogP contribution is 2.12. The quantitative estimate of drug-likeness (QED) is 0.463. The molecule has 0 bridgehead atoms. The molecule has 31 heavy (non-hydrogen) atoms. The standard InChI is InChI=1S/C22H30N8O/c1-17-26-27-21(29(17)3)14-24-22(23-13-20-10-7-11-31-20)28(2)15-18-12-25-30(16-18)19-8-5-4-6-9-19/h4-6,8-9,12,16,20H,7,10-11,13-15H2,1-3H3,(H,23,24). The fourth-order valence-electron chi connectivity index (χ4n) is 3.57. The minimum atomic E-state index is 0.233. The van der Waals surface area contributed by atoms with Gasteiger partial charge in [-0.1, -0.05) is 18.2 Å². The van der Waals surface area contributed by atoms with Crippen LogP contribution >= 0.6 is 0 Å². The highest BCUT2D eigenvalue weighted by atomic mass is 16.5. The average Bonchev–Trinajstić information content (AvgIpc) is 3.53. The molecule has 1 atom stereocenters. The summed E-state index contributed by atoms with van der Waals surface area (Å²) < 4.78 is 9.62. The maximum Gasteiger partial charge on any atom is 0.194 e. The Bertz CT molecular complexity index is 1000. The summed E-state index contributed by atoms with van der Waals surface area (Å²) in [6.45, 7) is 4.66. The fraction of sp³-hybridized carbons (Fsp3) is 0.455. The third kappa shape index (κ3) is 5.29. The molecule has 1 aliphatic rings. The number of nitrogens with zero attached hydrogens (tertiary/aromatic N) is 7. The molecule has 1 N–H and O–H groups in total. The second kappa shape index (κ2) is 9.74. The van der Waals surface area contributed by atoms with Crippen molar-refractivity contribution in [2.45, 2.75) is 39.0 Å². The summed E-state index contributed by atoms with van der Waals surface area (Å²) in [6.07, 6.45) is 6.38. The first kappa shape index (κ1) is 21.0. The Hall–Kier alpha value is -3.20. The monoisotopic (exact) mass is 422 g/mol. The number of benzene rings is 1. The zero-order valence-corrected chi connectivity index (χ0v) is 18.4. The van der Waals surface area contributed by atoms with E-state index in [1.54, 1.807) is 0 Å². The van der Waals surface area contributed by atoms with E-state index in [9.17, 15) is 0 Å². The van der Waals surface area contributed by atoms with Crippen molar-refractivity contribution >= 4 is 5.96 Å². The Labute approximate surface area is 182 Å². The number of ether oxygens (including phenoxy) is 1. The molecule has 4 rings (SSSR count). The number of rotatable bonds is 7. The van der Waals surface area contributed by atoms with Crippen LogP contribution in [0, 0.1) is 6.92 Å². The van der Waals surface area contributed by atoms with Crippen molar-refractivity contribution in [3.63, 3.8) is 0 Å². The van der Waals surface area contributed by atoms with Crippen molar-refractivity contribution in [2.24, 2.45) is 12.0 Å². The molecular weight excluding hydrogens is 392 g/mol. The van der Waals surface area contributed by atoms with Crippen LogP contribution in [0.2, 0.25) is 0 Å². The summed E-state index contributed by atoms with van der Waals surface area (Å²) in [4.78, 5) is 6.92. The molecule has 1 saturated heterocycles. The molecule has 1 aromatic carbocycles. The molecule has 1 aliphatic heterocycles. The molecule has 1 unspecified atom stereocenters.